The number of hydrogen-bond donors (Lipinski definition) is 1. The topological polar surface area (TPSA) is 37.4 Å². The van der Waals surface area contributed by atoms with Gasteiger partial charge in [-0.25, -0.2) is 4.98 Å². The van der Waals surface area contributed by atoms with E-state index in [0.29, 0.717) is 6.04 Å². The molecule has 24 heavy (non-hydrogen) atoms. The summed E-state index contributed by atoms with van der Waals surface area (Å²) in [5.74, 6) is 1.05. The van der Waals surface area contributed by atoms with Crippen LogP contribution < -0.4 is 10.2 Å². The Hall–Kier alpha value is -1.43. The second-order valence-corrected chi connectivity index (χ2v) is 7.61. The van der Waals surface area contributed by atoms with Gasteiger partial charge in [0.05, 0.1) is 12.7 Å². The smallest absolute Gasteiger partial charge is 0.128 e. The number of thiophene rings is 1. The Labute approximate surface area is 148 Å². The molecule has 1 fully saturated rings. The number of nitrogens with one attached hydrogen (secondary N) is 1. The largest absolute Gasteiger partial charge is 0.375 e. The number of nitrogens with zero attached hydrogens (tertiary/aromatic N) is 2. The summed E-state index contributed by atoms with van der Waals surface area (Å²) in [5, 5.41) is 3.60. The lowest BCUT2D eigenvalue weighted by molar-refractivity contribution is 0.0529. The molecule has 1 aliphatic rings. The van der Waals surface area contributed by atoms with E-state index in [9.17, 15) is 0 Å². The Kier molecular flexibility index (Phi) is 5.87. The molecule has 3 heterocycles. The molecule has 1 aliphatic heterocycles. The summed E-state index contributed by atoms with van der Waals surface area (Å²) in [6.07, 6.45) is 3.38. The maximum absolute atomic E-state index is 5.59. The van der Waals surface area contributed by atoms with Crippen molar-refractivity contribution < 1.29 is 4.74 Å². The van der Waals surface area contributed by atoms with Crippen molar-refractivity contribution in [1.29, 1.82) is 0 Å². The highest BCUT2D eigenvalue weighted by molar-refractivity contribution is 7.12. The molecule has 5 heteroatoms. The van der Waals surface area contributed by atoms with Crippen molar-refractivity contribution >= 4 is 17.2 Å². The van der Waals surface area contributed by atoms with Crippen LogP contribution in [-0.4, -0.2) is 30.8 Å². The first-order chi connectivity index (χ1) is 11.7. The van der Waals surface area contributed by atoms with Crippen molar-refractivity contribution in [3.63, 3.8) is 0 Å². The fraction of sp³-hybridized carbons (Fsp3) is 0.526. The van der Waals surface area contributed by atoms with Crippen molar-refractivity contribution in [2.75, 3.05) is 24.6 Å². The third-order valence-electron chi connectivity index (χ3n) is 4.44. The highest BCUT2D eigenvalue weighted by Gasteiger charge is 2.17. The highest BCUT2D eigenvalue weighted by atomic mass is 32.1. The number of hydrogen-bond acceptors (Lipinski definition) is 5. The van der Waals surface area contributed by atoms with Crippen molar-refractivity contribution in [2.24, 2.45) is 0 Å². The van der Waals surface area contributed by atoms with Gasteiger partial charge >= 0.3 is 0 Å². The molecule has 130 valence electrons. The second kappa shape index (κ2) is 8.10. The number of ether oxygens (including phenoxy) is 1. The fourth-order valence-corrected chi connectivity index (χ4v) is 3.90. The molecule has 3 rings (SSSR count). The predicted molar refractivity (Wildman–Crippen MR) is 101 cm³/mol. The number of aryl methyl sites for hydroxylation is 1. The first-order valence-electron chi connectivity index (χ1n) is 8.79. The minimum atomic E-state index is 0.279. The van der Waals surface area contributed by atoms with Gasteiger partial charge in [-0.3, -0.25) is 0 Å². The third-order valence-corrected chi connectivity index (χ3v) is 5.86. The molecule has 0 aromatic carbocycles. The zero-order valence-electron chi connectivity index (χ0n) is 14.8. The van der Waals surface area contributed by atoms with Gasteiger partial charge in [0.25, 0.3) is 0 Å². The molecule has 0 saturated carbocycles. The van der Waals surface area contributed by atoms with E-state index in [-0.39, 0.29) is 6.10 Å². The fourth-order valence-electron chi connectivity index (χ4n) is 2.92. The van der Waals surface area contributed by atoms with E-state index in [1.54, 1.807) is 0 Å². The molecule has 0 amide bonds. The van der Waals surface area contributed by atoms with Gasteiger partial charge in [0.1, 0.15) is 5.82 Å². The van der Waals surface area contributed by atoms with Crippen molar-refractivity contribution in [3.05, 3.63) is 45.8 Å². The lowest BCUT2D eigenvalue weighted by Gasteiger charge is -2.32. The summed E-state index contributed by atoms with van der Waals surface area (Å²) in [7, 11) is 0. The first kappa shape index (κ1) is 17.4. The van der Waals surface area contributed by atoms with Gasteiger partial charge in [-0.15, -0.1) is 11.3 Å². The summed E-state index contributed by atoms with van der Waals surface area (Å²) in [5.41, 5.74) is 1.22. The quantitative estimate of drug-likeness (QED) is 0.864. The third kappa shape index (κ3) is 4.35. The normalized spacial score (nSPS) is 19.5. The maximum atomic E-state index is 5.59. The molecular weight excluding hydrogens is 318 g/mol. The second-order valence-electron chi connectivity index (χ2n) is 6.41. The molecule has 0 radical (unpaired) electrons. The average Bonchev–Trinajstić information content (AvgIpc) is 3.09. The molecule has 2 atom stereocenters. The summed E-state index contributed by atoms with van der Waals surface area (Å²) in [4.78, 5) is 9.79. The van der Waals surface area contributed by atoms with Crippen LogP contribution in [0.1, 0.15) is 42.1 Å². The van der Waals surface area contributed by atoms with Crippen LogP contribution in [0.3, 0.4) is 0 Å². The summed E-state index contributed by atoms with van der Waals surface area (Å²) in [6, 6.07) is 9.14. The Bertz CT molecular complexity index is 640. The number of morpholine rings is 1. The molecule has 0 bridgehead atoms. The van der Waals surface area contributed by atoms with Crippen LogP contribution in [-0.2, 0) is 17.7 Å². The van der Waals surface area contributed by atoms with Crippen LogP contribution in [0.2, 0.25) is 0 Å². The minimum absolute atomic E-state index is 0.279. The van der Waals surface area contributed by atoms with Gasteiger partial charge in [0.2, 0.25) is 0 Å². The van der Waals surface area contributed by atoms with Gasteiger partial charge < -0.3 is 15.0 Å². The van der Waals surface area contributed by atoms with Gasteiger partial charge in [0, 0.05) is 41.6 Å². The lowest BCUT2D eigenvalue weighted by Crippen LogP contribution is -2.41. The number of aromatic nitrogens is 1. The van der Waals surface area contributed by atoms with E-state index in [1.807, 2.05) is 17.5 Å². The Balaban J connectivity index is 1.54. The standard InChI is InChI=1S/C19H27N3OS/c1-4-17-6-7-18(24-17)15(3)20-11-16-5-8-19(21-12-16)22-9-10-23-14(2)13-22/h5-8,12,14-15,20H,4,9-11,13H2,1-3H3/t14-,15+/m0/s1. The van der Waals surface area contributed by atoms with E-state index in [4.69, 9.17) is 4.74 Å². The van der Waals surface area contributed by atoms with Crippen LogP contribution in [0.5, 0.6) is 0 Å². The maximum Gasteiger partial charge on any atom is 0.128 e. The molecule has 0 unspecified atom stereocenters. The van der Waals surface area contributed by atoms with Crippen molar-refractivity contribution in [1.82, 2.24) is 10.3 Å². The molecule has 1 N–H and O–H groups in total. The van der Waals surface area contributed by atoms with Crippen LogP contribution in [0.4, 0.5) is 5.82 Å². The van der Waals surface area contributed by atoms with Gasteiger partial charge in [-0.05, 0) is 44.0 Å². The minimum Gasteiger partial charge on any atom is -0.375 e. The Morgan fingerprint density at radius 3 is 2.92 bits per heavy atom. The van der Waals surface area contributed by atoms with Crippen LogP contribution in [0.15, 0.2) is 30.5 Å². The van der Waals surface area contributed by atoms with Gasteiger partial charge in [0.15, 0.2) is 0 Å². The van der Waals surface area contributed by atoms with Gasteiger partial charge in [-0.2, -0.15) is 0 Å². The Morgan fingerprint density at radius 2 is 2.25 bits per heavy atom. The first-order valence-corrected chi connectivity index (χ1v) is 9.61. The zero-order valence-corrected chi connectivity index (χ0v) is 15.6. The monoisotopic (exact) mass is 345 g/mol. The summed E-state index contributed by atoms with van der Waals surface area (Å²) < 4.78 is 5.59. The van der Waals surface area contributed by atoms with E-state index in [2.05, 4.69) is 60.2 Å². The number of rotatable bonds is 6. The molecule has 4 nitrogen and oxygen atoms in total. The molecule has 2 aromatic heterocycles. The molecular formula is C19H27N3OS. The molecule has 0 spiro atoms. The van der Waals surface area contributed by atoms with Crippen molar-refractivity contribution in [2.45, 2.75) is 45.9 Å². The van der Waals surface area contributed by atoms with E-state index < -0.39 is 0 Å². The van der Waals surface area contributed by atoms with E-state index in [1.165, 1.54) is 15.3 Å². The van der Waals surface area contributed by atoms with E-state index >= 15 is 0 Å². The summed E-state index contributed by atoms with van der Waals surface area (Å²) in [6.45, 7) is 10.0. The van der Waals surface area contributed by atoms with E-state index in [0.717, 1.165) is 38.5 Å². The lowest BCUT2D eigenvalue weighted by atomic mass is 10.2. The predicted octanol–water partition coefficient (Wildman–Crippen LogP) is 3.78. The number of anilines is 1. The van der Waals surface area contributed by atoms with Crippen LogP contribution in [0.25, 0.3) is 0 Å². The Morgan fingerprint density at radius 1 is 1.38 bits per heavy atom. The highest BCUT2D eigenvalue weighted by Crippen LogP contribution is 2.24. The SMILES string of the molecule is CCc1ccc([C@@H](C)NCc2ccc(N3CCO[C@@H](C)C3)nc2)s1. The van der Waals surface area contributed by atoms with Crippen LogP contribution >= 0.6 is 11.3 Å². The molecule has 0 aliphatic carbocycles. The summed E-state index contributed by atoms with van der Waals surface area (Å²) >= 11 is 1.90. The average molecular weight is 346 g/mol. The van der Waals surface area contributed by atoms with Gasteiger partial charge in [-0.1, -0.05) is 13.0 Å². The van der Waals surface area contributed by atoms with Crippen molar-refractivity contribution in [3.8, 4) is 0 Å². The molecule has 1 saturated heterocycles. The number of pyridine rings is 1. The van der Waals surface area contributed by atoms with Crippen LogP contribution in [0, 0.1) is 0 Å². The zero-order chi connectivity index (χ0) is 16.9. The molecule has 2 aromatic rings.